The zero-order valence-electron chi connectivity index (χ0n) is 8.87. The summed E-state index contributed by atoms with van der Waals surface area (Å²) in [7, 11) is 0. The van der Waals surface area contributed by atoms with Crippen LogP contribution in [0.5, 0.6) is 0 Å². The van der Waals surface area contributed by atoms with Crippen LogP contribution in [0.25, 0.3) is 5.65 Å². The highest BCUT2D eigenvalue weighted by Gasteiger charge is 2.30. The zero-order valence-corrected chi connectivity index (χ0v) is 8.87. The van der Waals surface area contributed by atoms with Gasteiger partial charge in [-0.25, -0.2) is 4.98 Å². The molecule has 17 heavy (non-hydrogen) atoms. The molecule has 1 fully saturated rings. The third-order valence-electron chi connectivity index (χ3n) is 2.82. The fraction of sp³-hybridized carbons (Fsp3) is 0.273. The van der Waals surface area contributed by atoms with E-state index in [4.69, 9.17) is 0 Å². The molecule has 1 saturated heterocycles. The molecule has 0 unspecified atom stereocenters. The van der Waals surface area contributed by atoms with Crippen LogP contribution in [0.15, 0.2) is 24.8 Å². The van der Waals surface area contributed by atoms with Crippen LogP contribution >= 0.6 is 0 Å². The lowest BCUT2D eigenvalue weighted by Gasteiger charge is -2.19. The highest BCUT2D eigenvalue weighted by atomic mass is 16.6. The van der Waals surface area contributed by atoms with Crippen LogP contribution in [0, 0.1) is 0 Å². The molecule has 0 spiro atoms. The summed E-state index contributed by atoms with van der Waals surface area (Å²) >= 11 is 0. The Morgan fingerprint density at radius 3 is 2.76 bits per heavy atom. The predicted molar refractivity (Wildman–Crippen MR) is 56.1 cm³/mol. The zero-order chi connectivity index (χ0) is 11.8. The standard InChI is InChI=1S/C11H9N3O3/c15-10-3-7(4-11(16)17-10)8-5-13-9-6-12-1-2-14(8)9/h1-2,5-7H,3-4H2. The average Bonchev–Trinajstić information content (AvgIpc) is 2.71. The molecule has 6 heteroatoms. The van der Waals surface area contributed by atoms with Crippen molar-refractivity contribution in [3.63, 3.8) is 0 Å². The first-order valence-electron chi connectivity index (χ1n) is 5.24. The minimum atomic E-state index is -0.477. The minimum Gasteiger partial charge on any atom is -0.393 e. The number of aromatic nitrogens is 3. The SMILES string of the molecule is O=C1CC(c2cnc3cnccn23)CC(=O)O1. The maximum atomic E-state index is 11.2. The number of hydrogen-bond acceptors (Lipinski definition) is 5. The van der Waals surface area contributed by atoms with E-state index in [9.17, 15) is 9.59 Å². The van der Waals surface area contributed by atoms with Gasteiger partial charge in [-0.05, 0) is 0 Å². The highest BCUT2D eigenvalue weighted by Crippen LogP contribution is 2.28. The molecule has 2 aromatic heterocycles. The largest absolute Gasteiger partial charge is 0.393 e. The van der Waals surface area contributed by atoms with E-state index in [0.717, 1.165) is 5.69 Å². The molecule has 0 atom stereocenters. The Morgan fingerprint density at radius 2 is 2.00 bits per heavy atom. The Hall–Kier alpha value is -2.24. The summed E-state index contributed by atoms with van der Waals surface area (Å²) in [4.78, 5) is 30.6. The summed E-state index contributed by atoms with van der Waals surface area (Å²) < 4.78 is 6.34. The van der Waals surface area contributed by atoms with Gasteiger partial charge in [-0.1, -0.05) is 0 Å². The van der Waals surface area contributed by atoms with Gasteiger partial charge in [0.2, 0.25) is 0 Å². The molecule has 6 nitrogen and oxygen atoms in total. The second-order valence-electron chi connectivity index (χ2n) is 3.94. The minimum absolute atomic E-state index is 0.166. The summed E-state index contributed by atoms with van der Waals surface area (Å²) in [6.45, 7) is 0. The monoisotopic (exact) mass is 231 g/mol. The summed E-state index contributed by atoms with van der Waals surface area (Å²) in [5, 5.41) is 0. The van der Waals surface area contributed by atoms with E-state index in [2.05, 4.69) is 14.7 Å². The first kappa shape index (κ1) is 9.95. The van der Waals surface area contributed by atoms with Gasteiger partial charge >= 0.3 is 11.9 Å². The van der Waals surface area contributed by atoms with Crippen LogP contribution in [-0.4, -0.2) is 26.3 Å². The summed E-state index contributed by atoms with van der Waals surface area (Å²) in [5.74, 6) is -1.12. The van der Waals surface area contributed by atoms with Crippen LogP contribution in [0.3, 0.4) is 0 Å². The molecule has 0 aromatic carbocycles. The predicted octanol–water partition coefficient (Wildman–Crippen LogP) is 0.676. The van der Waals surface area contributed by atoms with Gasteiger partial charge in [0, 0.05) is 30.2 Å². The number of hydrogen-bond donors (Lipinski definition) is 0. The van der Waals surface area contributed by atoms with Crippen molar-refractivity contribution in [3.8, 4) is 0 Å². The maximum absolute atomic E-state index is 11.2. The molecule has 1 aliphatic heterocycles. The number of esters is 2. The van der Waals surface area contributed by atoms with Crippen molar-refractivity contribution in [3.05, 3.63) is 30.5 Å². The smallest absolute Gasteiger partial charge is 0.314 e. The van der Waals surface area contributed by atoms with Crippen LogP contribution in [0.4, 0.5) is 0 Å². The van der Waals surface area contributed by atoms with Crippen molar-refractivity contribution in [2.45, 2.75) is 18.8 Å². The third kappa shape index (κ3) is 1.67. The summed E-state index contributed by atoms with van der Waals surface area (Å²) in [6.07, 6.45) is 7.13. The van der Waals surface area contributed by atoms with Gasteiger partial charge in [0.15, 0.2) is 5.65 Å². The molecule has 2 aromatic rings. The Labute approximate surface area is 96.2 Å². The topological polar surface area (TPSA) is 73.6 Å². The third-order valence-corrected chi connectivity index (χ3v) is 2.82. The van der Waals surface area contributed by atoms with Gasteiger partial charge in [0.25, 0.3) is 0 Å². The maximum Gasteiger partial charge on any atom is 0.314 e. The molecule has 3 rings (SSSR count). The number of ether oxygens (including phenoxy) is 1. The summed E-state index contributed by atoms with van der Waals surface area (Å²) in [5.41, 5.74) is 1.54. The molecular weight excluding hydrogens is 222 g/mol. The fourth-order valence-corrected chi connectivity index (χ4v) is 2.06. The molecule has 0 amide bonds. The van der Waals surface area contributed by atoms with Gasteiger partial charge < -0.3 is 9.14 Å². The number of fused-ring (bicyclic) bond motifs is 1. The lowest BCUT2D eigenvalue weighted by atomic mass is 9.96. The quantitative estimate of drug-likeness (QED) is 0.533. The van der Waals surface area contributed by atoms with Gasteiger partial charge in [-0.2, -0.15) is 0 Å². The number of cyclic esters (lactones) is 2. The Balaban J connectivity index is 2.03. The Bertz CT molecular complexity index is 589. The molecule has 0 saturated carbocycles. The molecule has 0 radical (unpaired) electrons. The van der Waals surface area contributed by atoms with E-state index >= 15 is 0 Å². The van der Waals surface area contributed by atoms with E-state index in [1.165, 1.54) is 0 Å². The number of imidazole rings is 1. The van der Waals surface area contributed by atoms with Gasteiger partial charge in [0.05, 0.1) is 19.0 Å². The molecule has 0 bridgehead atoms. The first-order chi connectivity index (χ1) is 8.24. The first-order valence-corrected chi connectivity index (χ1v) is 5.24. The molecule has 1 aliphatic rings. The van der Waals surface area contributed by atoms with Gasteiger partial charge in [-0.15, -0.1) is 0 Å². The number of carbonyl (C=O) groups excluding carboxylic acids is 2. The second kappa shape index (κ2) is 3.65. The average molecular weight is 231 g/mol. The van der Waals surface area contributed by atoms with Crippen molar-refractivity contribution >= 4 is 17.6 Å². The molecule has 3 heterocycles. The number of rotatable bonds is 1. The Kier molecular flexibility index (Phi) is 2.14. The van der Waals surface area contributed by atoms with E-state index in [0.29, 0.717) is 5.65 Å². The van der Waals surface area contributed by atoms with Crippen molar-refractivity contribution in [2.24, 2.45) is 0 Å². The van der Waals surface area contributed by atoms with Crippen molar-refractivity contribution in [2.75, 3.05) is 0 Å². The van der Waals surface area contributed by atoms with Crippen LogP contribution in [0.1, 0.15) is 24.5 Å². The van der Waals surface area contributed by atoms with Crippen LogP contribution < -0.4 is 0 Å². The van der Waals surface area contributed by atoms with E-state index < -0.39 is 11.9 Å². The van der Waals surface area contributed by atoms with E-state index in [1.807, 2.05) is 4.40 Å². The van der Waals surface area contributed by atoms with Crippen LogP contribution in [-0.2, 0) is 14.3 Å². The molecule has 0 aliphatic carbocycles. The lowest BCUT2D eigenvalue weighted by Crippen LogP contribution is -2.24. The molecule has 0 N–H and O–H groups in total. The fourth-order valence-electron chi connectivity index (χ4n) is 2.06. The van der Waals surface area contributed by atoms with Crippen molar-refractivity contribution < 1.29 is 14.3 Å². The molecular formula is C11H9N3O3. The van der Waals surface area contributed by atoms with Gasteiger partial charge in [0.1, 0.15) is 0 Å². The summed E-state index contributed by atoms with van der Waals surface area (Å²) in [6, 6.07) is 0. The van der Waals surface area contributed by atoms with Gasteiger partial charge in [-0.3, -0.25) is 14.6 Å². The number of nitrogens with zero attached hydrogens (tertiary/aromatic N) is 3. The number of carbonyl (C=O) groups is 2. The Morgan fingerprint density at radius 1 is 1.24 bits per heavy atom. The second-order valence-corrected chi connectivity index (χ2v) is 3.94. The van der Waals surface area contributed by atoms with Crippen LogP contribution in [0.2, 0.25) is 0 Å². The molecule has 86 valence electrons. The van der Waals surface area contributed by atoms with Crippen molar-refractivity contribution in [1.29, 1.82) is 0 Å². The van der Waals surface area contributed by atoms with E-state index in [1.54, 1.807) is 24.8 Å². The normalized spacial score (nSPS) is 17.4. The highest BCUT2D eigenvalue weighted by molar-refractivity contribution is 5.89. The van der Waals surface area contributed by atoms with Crippen molar-refractivity contribution in [1.82, 2.24) is 14.4 Å². The lowest BCUT2D eigenvalue weighted by molar-refractivity contribution is -0.164. The van der Waals surface area contributed by atoms with E-state index in [-0.39, 0.29) is 18.8 Å².